The van der Waals surface area contributed by atoms with Crippen molar-refractivity contribution in [1.82, 2.24) is 9.80 Å². The second-order valence-electron chi connectivity index (χ2n) is 6.67. The molecule has 1 aliphatic rings. The number of piperazine rings is 1. The van der Waals surface area contributed by atoms with Gasteiger partial charge in [-0.05, 0) is 29.3 Å². The van der Waals surface area contributed by atoms with Gasteiger partial charge in [-0.25, -0.2) is 0 Å². The van der Waals surface area contributed by atoms with E-state index in [1.165, 1.54) is 19.1 Å². The van der Waals surface area contributed by atoms with Gasteiger partial charge in [-0.15, -0.1) is 0 Å². The summed E-state index contributed by atoms with van der Waals surface area (Å²) in [6.07, 6.45) is 3.05. The van der Waals surface area contributed by atoms with E-state index in [0.29, 0.717) is 42.9 Å². The van der Waals surface area contributed by atoms with E-state index in [4.69, 9.17) is 0 Å². The SMILES string of the molecule is CC(=O)N1CCN(C(=O)C=Cc2cccc([N+](=O)[O-])c2-c2ccc(Br)cc2)CC1. The third-order valence-electron chi connectivity index (χ3n) is 4.85. The van der Waals surface area contributed by atoms with Crippen LogP contribution < -0.4 is 0 Å². The van der Waals surface area contributed by atoms with Gasteiger partial charge in [-0.3, -0.25) is 19.7 Å². The molecule has 1 aliphatic heterocycles. The number of hydrogen-bond donors (Lipinski definition) is 0. The molecule has 150 valence electrons. The average molecular weight is 458 g/mol. The molecular formula is C21H20BrN3O4. The van der Waals surface area contributed by atoms with E-state index in [0.717, 1.165) is 4.47 Å². The maximum Gasteiger partial charge on any atom is 0.277 e. The van der Waals surface area contributed by atoms with Gasteiger partial charge in [0.2, 0.25) is 11.8 Å². The van der Waals surface area contributed by atoms with Gasteiger partial charge in [-0.1, -0.05) is 40.2 Å². The van der Waals surface area contributed by atoms with Crippen LogP contribution in [0.1, 0.15) is 12.5 Å². The quantitative estimate of drug-likeness (QED) is 0.397. The van der Waals surface area contributed by atoms with Crippen LogP contribution in [0.2, 0.25) is 0 Å². The molecule has 0 unspecified atom stereocenters. The van der Waals surface area contributed by atoms with Gasteiger partial charge in [-0.2, -0.15) is 0 Å². The zero-order valence-corrected chi connectivity index (χ0v) is 17.5. The van der Waals surface area contributed by atoms with Gasteiger partial charge in [0.15, 0.2) is 0 Å². The highest BCUT2D eigenvalue weighted by Crippen LogP contribution is 2.34. The van der Waals surface area contributed by atoms with Crippen LogP contribution in [0.4, 0.5) is 5.69 Å². The van der Waals surface area contributed by atoms with Crippen molar-refractivity contribution >= 4 is 39.5 Å². The Hall–Kier alpha value is -3.00. The molecule has 0 aromatic heterocycles. The van der Waals surface area contributed by atoms with Crippen LogP contribution in [0.5, 0.6) is 0 Å². The molecule has 0 spiro atoms. The Balaban J connectivity index is 1.86. The second-order valence-corrected chi connectivity index (χ2v) is 7.59. The third-order valence-corrected chi connectivity index (χ3v) is 5.38. The Morgan fingerprint density at radius 1 is 1.03 bits per heavy atom. The van der Waals surface area contributed by atoms with E-state index in [9.17, 15) is 19.7 Å². The van der Waals surface area contributed by atoms with Gasteiger partial charge < -0.3 is 9.80 Å². The summed E-state index contributed by atoms with van der Waals surface area (Å²) in [6, 6.07) is 12.0. The number of halogens is 1. The lowest BCUT2D eigenvalue weighted by Gasteiger charge is -2.33. The lowest BCUT2D eigenvalue weighted by molar-refractivity contribution is -0.384. The number of amides is 2. The summed E-state index contributed by atoms with van der Waals surface area (Å²) in [4.78, 5) is 38.5. The Kier molecular flexibility index (Phi) is 6.43. The topological polar surface area (TPSA) is 83.8 Å². The van der Waals surface area contributed by atoms with Gasteiger partial charge in [0, 0.05) is 49.7 Å². The summed E-state index contributed by atoms with van der Waals surface area (Å²) < 4.78 is 0.872. The monoisotopic (exact) mass is 457 g/mol. The minimum atomic E-state index is -0.419. The molecule has 3 rings (SSSR count). The summed E-state index contributed by atoms with van der Waals surface area (Å²) in [5, 5.41) is 11.6. The summed E-state index contributed by atoms with van der Waals surface area (Å²) in [7, 11) is 0. The van der Waals surface area contributed by atoms with E-state index in [-0.39, 0.29) is 17.5 Å². The van der Waals surface area contributed by atoms with Gasteiger partial charge in [0.25, 0.3) is 5.69 Å². The van der Waals surface area contributed by atoms with Crippen LogP contribution in [0, 0.1) is 10.1 Å². The predicted octanol–water partition coefficient (Wildman–Crippen LogP) is 3.73. The first-order chi connectivity index (χ1) is 13.9. The van der Waals surface area contributed by atoms with Crippen molar-refractivity contribution in [3.8, 4) is 11.1 Å². The molecular weight excluding hydrogens is 438 g/mol. The minimum absolute atomic E-state index is 0.00313. The molecule has 0 bridgehead atoms. The predicted molar refractivity (Wildman–Crippen MR) is 114 cm³/mol. The lowest BCUT2D eigenvalue weighted by atomic mass is 9.97. The van der Waals surface area contributed by atoms with Crippen LogP contribution >= 0.6 is 15.9 Å². The van der Waals surface area contributed by atoms with Gasteiger partial charge in [0.1, 0.15) is 0 Å². The number of carbonyl (C=O) groups is 2. The number of nitrogens with zero attached hydrogens (tertiary/aromatic N) is 3. The first kappa shape index (κ1) is 20.7. The van der Waals surface area contributed by atoms with Crippen molar-refractivity contribution in [3.05, 3.63) is 68.7 Å². The molecule has 0 saturated carbocycles. The molecule has 0 aliphatic carbocycles. The van der Waals surface area contributed by atoms with Crippen molar-refractivity contribution in [2.24, 2.45) is 0 Å². The number of benzene rings is 2. The molecule has 2 amide bonds. The van der Waals surface area contributed by atoms with Crippen molar-refractivity contribution in [3.63, 3.8) is 0 Å². The van der Waals surface area contributed by atoms with Gasteiger partial charge >= 0.3 is 0 Å². The lowest BCUT2D eigenvalue weighted by Crippen LogP contribution is -2.49. The molecule has 0 N–H and O–H groups in total. The van der Waals surface area contributed by atoms with Crippen molar-refractivity contribution in [2.75, 3.05) is 26.2 Å². The smallest absolute Gasteiger partial charge is 0.277 e. The fourth-order valence-corrected chi connectivity index (χ4v) is 3.55. The van der Waals surface area contributed by atoms with Gasteiger partial charge in [0.05, 0.1) is 10.5 Å². The van der Waals surface area contributed by atoms with E-state index in [2.05, 4.69) is 15.9 Å². The molecule has 7 nitrogen and oxygen atoms in total. The van der Waals surface area contributed by atoms with Crippen LogP contribution in [0.3, 0.4) is 0 Å². The molecule has 0 atom stereocenters. The normalized spacial score (nSPS) is 14.3. The highest BCUT2D eigenvalue weighted by Gasteiger charge is 2.22. The van der Waals surface area contributed by atoms with E-state index in [1.54, 1.807) is 40.1 Å². The minimum Gasteiger partial charge on any atom is -0.339 e. The van der Waals surface area contributed by atoms with Crippen LogP contribution in [-0.4, -0.2) is 52.7 Å². The summed E-state index contributed by atoms with van der Waals surface area (Å²) in [6.45, 7) is 3.48. The Labute approximate surface area is 176 Å². The largest absolute Gasteiger partial charge is 0.339 e. The molecule has 8 heteroatoms. The van der Waals surface area contributed by atoms with Crippen molar-refractivity contribution < 1.29 is 14.5 Å². The highest BCUT2D eigenvalue weighted by molar-refractivity contribution is 9.10. The Bertz CT molecular complexity index is 964. The molecule has 2 aromatic carbocycles. The average Bonchev–Trinajstić information content (AvgIpc) is 2.72. The molecule has 1 fully saturated rings. The first-order valence-electron chi connectivity index (χ1n) is 9.12. The summed E-state index contributed by atoms with van der Waals surface area (Å²) in [5.41, 5.74) is 1.74. The first-order valence-corrected chi connectivity index (χ1v) is 9.92. The van der Waals surface area contributed by atoms with Crippen molar-refractivity contribution in [2.45, 2.75) is 6.92 Å². The molecule has 1 saturated heterocycles. The maximum atomic E-state index is 12.6. The fraction of sp³-hybridized carbons (Fsp3) is 0.238. The second kappa shape index (κ2) is 9.00. The summed E-state index contributed by atoms with van der Waals surface area (Å²) in [5.74, 6) is -0.176. The highest BCUT2D eigenvalue weighted by atomic mass is 79.9. The number of hydrogen-bond acceptors (Lipinski definition) is 4. The molecule has 1 heterocycles. The van der Waals surface area contributed by atoms with Crippen LogP contribution in [0.15, 0.2) is 53.0 Å². The molecule has 0 radical (unpaired) electrons. The fourth-order valence-electron chi connectivity index (χ4n) is 3.29. The zero-order valence-electron chi connectivity index (χ0n) is 15.9. The molecule has 2 aromatic rings. The Morgan fingerprint density at radius 2 is 1.66 bits per heavy atom. The standard InChI is InChI=1S/C21H20BrN3O4/c1-15(26)23-11-13-24(14-12-23)20(27)10-7-16-3-2-4-19(25(28)29)21(16)17-5-8-18(22)9-6-17/h2-10H,11-14H2,1H3. The maximum absolute atomic E-state index is 12.6. The van der Waals surface area contributed by atoms with Crippen molar-refractivity contribution in [1.29, 1.82) is 0 Å². The third kappa shape index (κ3) is 4.89. The van der Waals surface area contributed by atoms with Crippen LogP contribution in [0.25, 0.3) is 17.2 Å². The number of rotatable bonds is 4. The number of nitro groups is 1. The van der Waals surface area contributed by atoms with E-state index < -0.39 is 4.92 Å². The zero-order chi connectivity index (χ0) is 21.0. The van der Waals surface area contributed by atoms with E-state index in [1.807, 2.05) is 12.1 Å². The molecule has 29 heavy (non-hydrogen) atoms. The number of nitro benzene ring substituents is 1. The van der Waals surface area contributed by atoms with Crippen LogP contribution in [-0.2, 0) is 9.59 Å². The van der Waals surface area contributed by atoms with E-state index >= 15 is 0 Å². The Morgan fingerprint density at radius 3 is 2.24 bits per heavy atom. The summed E-state index contributed by atoms with van der Waals surface area (Å²) >= 11 is 3.37. The number of carbonyl (C=O) groups excluding carboxylic acids is 2.